The smallest absolute Gasteiger partial charge is 0.314 e. The lowest BCUT2D eigenvalue weighted by Crippen LogP contribution is -2.29. The second kappa shape index (κ2) is 9.88. The second-order valence-electron chi connectivity index (χ2n) is 5.56. The first-order chi connectivity index (χ1) is 12.5. The van der Waals surface area contributed by atoms with Gasteiger partial charge in [-0.1, -0.05) is 56.1 Å². The molecular formula is C20H20Br2O4. The van der Waals surface area contributed by atoms with Crippen LogP contribution in [0.2, 0.25) is 0 Å². The molecule has 0 aliphatic heterocycles. The lowest BCUT2D eigenvalue weighted by atomic mass is 9.81. The van der Waals surface area contributed by atoms with E-state index in [0.717, 1.165) is 8.95 Å². The highest BCUT2D eigenvalue weighted by molar-refractivity contribution is 9.10. The molecule has 4 nitrogen and oxygen atoms in total. The highest BCUT2D eigenvalue weighted by Crippen LogP contribution is 2.36. The lowest BCUT2D eigenvalue weighted by molar-refractivity contribution is -0.153. The number of carbonyl (C=O) groups is 2. The van der Waals surface area contributed by atoms with Crippen LogP contribution in [0.3, 0.4) is 0 Å². The standard InChI is InChI=1S/C20H20Br2O4/c1-3-25-19(23)17(13-5-9-15(21)10-6-13)18(20(24)26-4-2)14-7-11-16(22)12-8-14/h5-12,17-18H,3-4H2,1-2H3. The number of hydrogen-bond acceptors (Lipinski definition) is 4. The van der Waals surface area contributed by atoms with Gasteiger partial charge in [-0.15, -0.1) is 0 Å². The Morgan fingerprint density at radius 3 is 1.31 bits per heavy atom. The molecule has 2 aromatic carbocycles. The Morgan fingerprint density at radius 2 is 1.04 bits per heavy atom. The predicted molar refractivity (Wildman–Crippen MR) is 107 cm³/mol. The Morgan fingerprint density at radius 1 is 0.731 bits per heavy atom. The maximum atomic E-state index is 12.8. The number of carbonyl (C=O) groups excluding carboxylic acids is 2. The van der Waals surface area contributed by atoms with Gasteiger partial charge >= 0.3 is 11.9 Å². The maximum absolute atomic E-state index is 12.8. The molecule has 2 aromatic rings. The average Bonchev–Trinajstić information content (AvgIpc) is 2.62. The third-order valence-corrected chi connectivity index (χ3v) is 4.93. The van der Waals surface area contributed by atoms with Crippen molar-refractivity contribution < 1.29 is 19.1 Å². The topological polar surface area (TPSA) is 52.6 Å². The molecule has 0 heterocycles. The van der Waals surface area contributed by atoms with Crippen molar-refractivity contribution in [1.29, 1.82) is 0 Å². The van der Waals surface area contributed by atoms with Gasteiger partial charge in [0.1, 0.15) is 0 Å². The fourth-order valence-electron chi connectivity index (χ4n) is 2.73. The molecule has 0 amide bonds. The van der Waals surface area contributed by atoms with Crippen molar-refractivity contribution in [3.8, 4) is 0 Å². The van der Waals surface area contributed by atoms with E-state index in [4.69, 9.17) is 9.47 Å². The minimum absolute atomic E-state index is 0.238. The van der Waals surface area contributed by atoms with E-state index in [1.807, 2.05) is 48.5 Å². The molecule has 0 spiro atoms. The molecule has 0 fully saturated rings. The summed E-state index contributed by atoms with van der Waals surface area (Å²) >= 11 is 6.79. The normalized spacial score (nSPS) is 12.9. The Bertz CT molecular complexity index is 676. The predicted octanol–water partition coefficient (Wildman–Crippen LogP) is 5.21. The van der Waals surface area contributed by atoms with Crippen molar-refractivity contribution in [2.45, 2.75) is 25.7 Å². The summed E-state index contributed by atoms with van der Waals surface area (Å²) in [6, 6.07) is 14.6. The van der Waals surface area contributed by atoms with Gasteiger partial charge in [0.05, 0.1) is 25.0 Å². The molecule has 2 unspecified atom stereocenters. The Labute approximate surface area is 170 Å². The molecule has 0 N–H and O–H groups in total. The first kappa shape index (κ1) is 20.6. The fourth-order valence-corrected chi connectivity index (χ4v) is 3.26. The molecule has 0 saturated carbocycles. The molecule has 0 aliphatic carbocycles. The molecule has 6 heteroatoms. The van der Waals surface area contributed by atoms with Gasteiger partial charge in [-0.25, -0.2) is 0 Å². The van der Waals surface area contributed by atoms with Crippen molar-refractivity contribution >= 4 is 43.8 Å². The van der Waals surface area contributed by atoms with Crippen LogP contribution in [0.15, 0.2) is 57.5 Å². The van der Waals surface area contributed by atoms with E-state index in [0.29, 0.717) is 11.1 Å². The van der Waals surface area contributed by atoms with E-state index in [-0.39, 0.29) is 13.2 Å². The summed E-state index contributed by atoms with van der Waals surface area (Å²) in [5.74, 6) is -2.47. The van der Waals surface area contributed by atoms with E-state index in [2.05, 4.69) is 31.9 Å². The van der Waals surface area contributed by atoms with Crippen molar-refractivity contribution in [3.63, 3.8) is 0 Å². The fraction of sp³-hybridized carbons (Fsp3) is 0.300. The molecular weight excluding hydrogens is 464 g/mol. The van der Waals surface area contributed by atoms with Crippen LogP contribution in [0.25, 0.3) is 0 Å². The molecule has 2 rings (SSSR count). The highest BCUT2D eigenvalue weighted by Gasteiger charge is 2.38. The van der Waals surface area contributed by atoms with Gasteiger partial charge < -0.3 is 9.47 Å². The van der Waals surface area contributed by atoms with E-state index in [1.165, 1.54) is 0 Å². The van der Waals surface area contributed by atoms with Gasteiger partial charge in [-0.05, 0) is 49.2 Å². The van der Waals surface area contributed by atoms with Crippen LogP contribution in [-0.2, 0) is 19.1 Å². The number of hydrogen-bond donors (Lipinski definition) is 0. The molecule has 0 aliphatic rings. The molecule has 26 heavy (non-hydrogen) atoms. The Balaban J connectivity index is 2.55. The van der Waals surface area contributed by atoms with Gasteiger partial charge in [-0.2, -0.15) is 0 Å². The van der Waals surface area contributed by atoms with Crippen LogP contribution in [0.5, 0.6) is 0 Å². The summed E-state index contributed by atoms with van der Waals surface area (Å²) in [5, 5.41) is 0. The maximum Gasteiger partial charge on any atom is 0.314 e. The summed E-state index contributed by atoms with van der Waals surface area (Å²) in [6.07, 6.45) is 0. The summed E-state index contributed by atoms with van der Waals surface area (Å²) in [6.45, 7) is 3.97. The third-order valence-electron chi connectivity index (χ3n) is 3.87. The number of benzene rings is 2. The van der Waals surface area contributed by atoms with Crippen LogP contribution in [0.1, 0.15) is 36.8 Å². The number of esters is 2. The van der Waals surface area contributed by atoms with E-state index in [9.17, 15) is 9.59 Å². The first-order valence-corrected chi connectivity index (χ1v) is 9.90. The average molecular weight is 484 g/mol. The second-order valence-corrected chi connectivity index (χ2v) is 7.39. The van der Waals surface area contributed by atoms with E-state index >= 15 is 0 Å². The minimum atomic E-state index is -0.789. The van der Waals surface area contributed by atoms with Crippen LogP contribution in [0.4, 0.5) is 0 Å². The Kier molecular flexibility index (Phi) is 7.85. The van der Waals surface area contributed by atoms with Gasteiger partial charge in [0.25, 0.3) is 0 Å². The number of ether oxygens (including phenoxy) is 2. The molecule has 0 aromatic heterocycles. The van der Waals surface area contributed by atoms with Gasteiger partial charge in [0.15, 0.2) is 0 Å². The lowest BCUT2D eigenvalue weighted by Gasteiger charge is -2.25. The highest BCUT2D eigenvalue weighted by atomic mass is 79.9. The van der Waals surface area contributed by atoms with E-state index < -0.39 is 23.8 Å². The molecule has 0 saturated heterocycles. The minimum Gasteiger partial charge on any atom is -0.465 e. The zero-order valence-electron chi connectivity index (χ0n) is 14.6. The largest absolute Gasteiger partial charge is 0.465 e. The van der Waals surface area contributed by atoms with Crippen molar-refractivity contribution in [3.05, 3.63) is 68.6 Å². The molecule has 0 bridgehead atoms. The van der Waals surface area contributed by atoms with E-state index in [1.54, 1.807) is 13.8 Å². The first-order valence-electron chi connectivity index (χ1n) is 8.32. The third kappa shape index (κ3) is 5.17. The Hall–Kier alpha value is -1.66. The van der Waals surface area contributed by atoms with Gasteiger partial charge in [0, 0.05) is 8.95 Å². The molecule has 0 radical (unpaired) electrons. The number of rotatable bonds is 7. The van der Waals surface area contributed by atoms with Gasteiger partial charge in [-0.3, -0.25) is 9.59 Å². The monoisotopic (exact) mass is 482 g/mol. The summed E-state index contributed by atoms with van der Waals surface area (Å²) in [5.41, 5.74) is 1.40. The summed E-state index contributed by atoms with van der Waals surface area (Å²) in [4.78, 5) is 25.5. The van der Waals surface area contributed by atoms with Crippen LogP contribution in [-0.4, -0.2) is 25.2 Å². The zero-order valence-corrected chi connectivity index (χ0v) is 17.7. The van der Waals surface area contributed by atoms with Crippen LogP contribution >= 0.6 is 31.9 Å². The number of halogens is 2. The quantitative estimate of drug-likeness (QED) is 0.507. The molecule has 138 valence electrons. The SMILES string of the molecule is CCOC(=O)C(c1ccc(Br)cc1)C(C(=O)OCC)c1ccc(Br)cc1. The zero-order chi connectivity index (χ0) is 19.1. The van der Waals surface area contributed by atoms with Crippen LogP contribution in [0, 0.1) is 0 Å². The van der Waals surface area contributed by atoms with Crippen molar-refractivity contribution in [2.24, 2.45) is 0 Å². The summed E-state index contributed by atoms with van der Waals surface area (Å²) < 4.78 is 12.3. The van der Waals surface area contributed by atoms with Crippen LogP contribution < -0.4 is 0 Å². The van der Waals surface area contributed by atoms with Crippen molar-refractivity contribution in [2.75, 3.05) is 13.2 Å². The summed E-state index contributed by atoms with van der Waals surface area (Å²) in [7, 11) is 0. The van der Waals surface area contributed by atoms with Gasteiger partial charge in [0.2, 0.25) is 0 Å². The molecule has 2 atom stereocenters. The van der Waals surface area contributed by atoms with Crippen molar-refractivity contribution in [1.82, 2.24) is 0 Å².